The van der Waals surface area contributed by atoms with Gasteiger partial charge in [0.25, 0.3) is 0 Å². The van der Waals surface area contributed by atoms with Crippen LogP contribution in [0.15, 0.2) is 36.4 Å². The lowest BCUT2D eigenvalue weighted by molar-refractivity contribution is -0.137. The van der Waals surface area contributed by atoms with E-state index in [1.807, 2.05) is 0 Å². The second-order valence-electron chi connectivity index (χ2n) is 12.0. The third-order valence-corrected chi connectivity index (χ3v) is 8.42. The second kappa shape index (κ2) is 8.81. The van der Waals surface area contributed by atoms with Gasteiger partial charge in [-0.15, -0.1) is 0 Å². The lowest BCUT2D eigenvalue weighted by Crippen LogP contribution is -2.45. The van der Waals surface area contributed by atoms with E-state index in [4.69, 9.17) is 0 Å². The molecule has 1 atom stereocenters. The van der Waals surface area contributed by atoms with Gasteiger partial charge in [0.1, 0.15) is 0 Å². The van der Waals surface area contributed by atoms with Gasteiger partial charge < -0.3 is 14.8 Å². The average Bonchev–Trinajstić information content (AvgIpc) is 3.49. The molecule has 5 rings (SSSR count). The maximum absolute atomic E-state index is 13.8. The Bertz CT molecular complexity index is 1230. The number of hydrogen-bond donors (Lipinski definition) is 1. The van der Waals surface area contributed by atoms with E-state index in [9.17, 15) is 4.79 Å². The summed E-state index contributed by atoms with van der Waals surface area (Å²) in [5.41, 5.74) is 8.07. The Morgan fingerprint density at radius 1 is 1.03 bits per heavy atom. The first-order chi connectivity index (χ1) is 16.6. The van der Waals surface area contributed by atoms with Crippen molar-refractivity contribution in [3.63, 3.8) is 0 Å². The van der Waals surface area contributed by atoms with Crippen molar-refractivity contribution in [2.75, 3.05) is 20.6 Å². The van der Waals surface area contributed by atoms with E-state index in [1.54, 1.807) is 0 Å². The van der Waals surface area contributed by atoms with Crippen LogP contribution in [0.4, 0.5) is 0 Å². The highest BCUT2D eigenvalue weighted by molar-refractivity contribution is 5.95. The normalized spacial score (nSPS) is 20.9. The van der Waals surface area contributed by atoms with Gasteiger partial charge in [0.2, 0.25) is 5.91 Å². The van der Waals surface area contributed by atoms with Crippen LogP contribution in [0, 0.1) is 13.8 Å². The maximum Gasteiger partial charge on any atom is 0.233 e. The molecule has 2 aromatic carbocycles. The number of aromatic nitrogens is 1. The first-order valence-corrected chi connectivity index (χ1v) is 13.3. The van der Waals surface area contributed by atoms with Crippen LogP contribution in [0.2, 0.25) is 0 Å². The summed E-state index contributed by atoms with van der Waals surface area (Å²) in [6.45, 7) is 11.9. The molecule has 3 aromatic rings. The zero-order valence-electron chi connectivity index (χ0n) is 22.5. The van der Waals surface area contributed by atoms with Gasteiger partial charge in [-0.1, -0.05) is 30.2 Å². The first-order valence-electron chi connectivity index (χ1n) is 13.3. The number of benzene rings is 2. The zero-order valence-corrected chi connectivity index (χ0v) is 22.5. The molecule has 4 nitrogen and oxygen atoms in total. The van der Waals surface area contributed by atoms with Crippen LogP contribution in [0.5, 0.6) is 0 Å². The number of likely N-dealkylation sites (N-methyl/N-ethyl adjacent to an activating group) is 1. The Morgan fingerprint density at radius 2 is 1.63 bits per heavy atom. The minimum Gasteiger partial charge on any atom is -0.354 e. The molecule has 0 spiro atoms. The van der Waals surface area contributed by atoms with Crippen LogP contribution in [0.25, 0.3) is 22.2 Å². The summed E-state index contributed by atoms with van der Waals surface area (Å²) in [5.74, 6) is 0.646. The first kappa shape index (κ1) is 24.1. The predicted molar refractivity (Wildman–Crippen MR) is 146 cm³/mol. The molecule has 1 amide bonds. The summed E-state index contributed by atoms with van der Waals surface area (Å²) >= 11 is 0. The number of aromatic amines is 1. The SMILES string of the molecule is Cc1cc(C)cc(-c2[nH]c3ccc(C(C)(C)C(=O)N4C5CCC4CC5)cc3c2C(C)CN(C)C)c1. The van der Waals surface area contributed by atoms with E-state index >= 15 is 0 Å². The molecule has 1 N–H and O–H groups in total. The fourth-order valence-electron chi connectivity index (χ4n) is 6.79. The van der Waals surface area contributed by atoms with Gasteiger partial charge in [0.15, 0.2) is 0 Å². The molecule has 35 heavy (non-hydrogen) atoms. The number of nitrogens with zero attached hydrogens (tertiary/aromatic N) is 2. The van der Waals surface area contributed by atoms with Crippen molar-refractivity contribution in [1.82, 2.24) is 14.8 Å². The van der Waals surface area contributed by atoms with E-state index in [1.165, 1.54) is 59.0 Å². The molecule has 2 aliphatic rings. The van der Waals surface area contributed by atoms with Crippen molar-refractivity contribution in [2.24, 2.45) is 0 Å². The molecule has 2 fully saturated rings. The minimum absolute atomic E-state index is 0.301. The summed E-state index contributed by atoms with van der Waals surface area (Å²) in [7, 11) is 4.28. The molecule has 3 heterocycles. The van der Waals surface area contributed by atoms with Gasteiger partial charge in [0, 0.05) is 29.5 Å². The standard InChI is InChI=1S/C31H41N3O/c1-19-14-20(2)16-22(15-19)29-28(21(3)18-33(6)7)26-17-23(8-13-27(26)32-29)31(4,5)30(35)34-24-9-10-25(34)12-11-24/h8,13-17,21,24-25,32H,9-12,18H2,1-7H3. The molecule has 2 aliphatic heterocycles. The molecule has 2 saturated heterocycles. The van der Waals surface area contributed by atoms with Crippen LogP contribution in [0.1, 0.15) is 74.6 Å². The fraction of sp³-hybridized carbons (Fsp3) is 0.516. The summed E-state index contributed by atoms with van der Waals surface area (Å²) < 4.78 is 0. The lowest BCUT2D eigenvalue weighted by Gasteiger charge is -2.33. The highest BCUT2D eigenvalue weighted by Crippen LogP contribution is 2.42. The minimum atomic E-state index is -0.543. The number of carbonyl (C=O) groups excluding carboxylic acids is 1. The largest absolute Gasteiger partial charge is 0.354 e. The number of aryl methyl sites for hydroxylation is 2. The molecule has 1 aromatic heterocycles. The Kier molecular flexibility index (Phi) is 6.07. The third-order valence-electron chi connectivity index (χ3n) is 8.42. The molecule has 0 aliphatic carbocycles. The quantitative estimate of drug-likeness (QED) is 0.443. The zero-order chi connectivity index (χ0) is 25.1. The summed E-state index contributed by atoms with van der Waals surface area (Å²) in [6, 6.07) is 14.4. The molecule has 186 valence electrons. The van der Waals surface area contributed by atoms with Gasteiger partial charge in [0.05, 0.1) is 11.1 Å². The predicted octanol–water partition coefficient (Wildman–Crippen LogP) is 6.55. The lowest BCUT2D eigenvalue weighted by atomic mass is 9.81. The van der Waals surface area contributed by atoms with Crippen LogP contribution < -0.4 is 0 Å². The summed E-state index contributed by atoms with van der Waals surface area (Å²) in [4.78, 5) is 22.1. The second-order valence-corrected chi connectivity index (χ2v) is 12.0. The number of amides is 1. The van der Waals surface area contributed by atoms with E-state index in [0.29, 0.717) is 23.9 Å². The monoisotopic (exact) mass is 471 g/mol. The van der Waals surface area contributed by atoms with E-state index in [-0.39, 0.29) is 0 Å². The molecular formula is C31H41N3O. The Labute approximate surface area is 210 Å². The fourth-order valence-corrected chi connectivity index (χ4v) is 6.79. The van der Waals surface area contributed by atoms with Crippen molar-refractivity contribution in [1.29, 1.82) is 0 Å². The van der Waals surface area contributed by atoms with Crippen molar-refractivity contribution >= 4 is 16.8 Å². The van der Waals surface area contributed by atoms with Crippen LogP contribution >= 0.6 is 0 Å². The topological polar surface area (TPSA) is 39.3 Å². The molecule has 1 unspecified atom stereocenters. The van der Waals surface area contributed by atoms with E-state index in [2.05, 4.69) is 99.9 Å². The summed E-state index contributed by atoms with van der Waals surface area (Å²) in [6.07, 6.45) is 4.70. The molecule has 0 saturated carbocycles. The average molecular weight is 472 g/mol. The van der Waals surface area contributed by atoms with Crippen LogP contribution in [-0.4, -0.2) is 53.4 Å². The van der Waals surface area contributed by atoms with Gasteiger partial charge in [-0.3, -0.25) is 4.79 Å². The number of carbonyl (C=O) groups is 1. The number of fused-ring (bicyclic) bond motifs is 3. The van der Waals surface area contributed by atoms with E-state index in [0.717, 1.165) is 17.6 Å². The highest BCUT2D eigenvalue weighted by atomic mass is 16.2. The number of H-pyrrole nitrogens is 1. The Balaban J connectivity index is 1.62. The molecule has 0 radical (unpaired) electrons. The Hall–Kier alpha value is -2.59. The van der Waals surface area contributed by atoms with Crippen molar-refractivity contribution < 1.29 is 4.79 Å². The molecule has 4 heteroatoms. The third kappa shape index (κ3) is 4.20. The maximum atomic E-state index is 13.8. The van der Waals surface area contributed by atoms with Crippen molar-refractivity contribution in [2.45, 2.75) is 83.7 Å². The smallest absolute Gasteiger partial charge is 0.233 e. The molecular weight excluding hydrogens is 430 g/mol. The Morgan fingerprint density at radius 3 is 2.20 bits per heavy atom. The van der Waals surface area contributed by atoms with Crippen LogP contribution in [0.3, 0.4) is 0 Å². The van der Waals surface area contributed by atoms with Gasteiger partial charge in [-0.05, 0) is 114 Å². The van der Waals surface area contributed by atoms with Crippen molar-refractivity contribution in [3.05, 3.63) is 58.7 Å². The molecule has 2 bridgehead atoms. The van der Waals surface area contributed by atoms with Crippen LogP contribution in [-0.2, 0) is 10.2 Å². The van der Waals surface area contributed by atoms with Gasteiger partial charge >= 0.3 is 0 Å². The summed E-state index contributed by atoms with van der Waals surface area (Å²) in [5, 5.41) is 1.25. The van der Waals surface area contributed by atoms with Gasteiger partial charge in [-0.2, -0.15) is 0 Å². The number of nitrogens with one attached hydrogen (secondary N) is 1. The van der Waals surface area contributed by atoms with E-state index < -0.39 is 5.41 Å². The van der Waals surface area contributed by atoms with Gasteiger partial charge in [-0.25, -0.2) is 0 Å². The number of hydrogen-bond acceptors (Lipinski definition) is 2. The highest BCUT2D eigenvalue weighted by Gasteiger charge is 2.47. The number of rotatable bonds is 6. The van der Waals surface area contributed by atoms with Crippen molar-refractivity contribution in [3.8, 4) is 11.3 Å².